The van der Waals surface area contributed by atoms with Crippen LogP contribution in [-0.4, -0.2) is 18.4 Å². The average Bonchev–Trinajstić information content (AvgIpc) is 3.00. The molecule has 1 saturated heterocycles. The fourth-order valence-corrected chi connectivity index (χ4v) is 3.29. The minimum atomic E-state index is -0.401. The van der Waals surface area contributed by atoms with Crippen molar-refractivity contribution in [3.05, 3.63) is 58.1 Å². The van der Waals surface area contributed by atoms with Gasteiger partial charge in [-0.15, -0.1) is 0 Å². The Balaban J connectivity index is 1.68. The van der Waals surface area contributed by atoms with E-state index < -0.39 is 5.92 Å². The number of benzene rings is 2. The van der Waals surface area contributed by atoms with Crippen molar-refractivity contribution in [3.63, 3.8) is 0 Å². The van der Waals surface area contributed by atoms with Crippen LogP contribution in [0, 0.1) is 5.92 Å². The van der Waals surface area contributed by atoms with E-state index in [2.05, 4.69) is 19.2 Å². The van der Waals surface area contributed by atoms with Gasteiger partial charge in [0.15, 0.2) is 0 Å². The van der Waals surface area contributed by atoms with Crippen molar-refractivity contribution in [3.8, 4) is 0 Å². The lowest BCUT2D eigenvalue weighted by Crippen LogP contribution is -2.28. The molecule has 26 heavy (non-hydrogen) atoms. The van der Waals surface area contributed by atoms with E-state index in [1.807, 2.05) is 24.3 Å². The van der Waals surface area contributed by atoms with E-state index in [0.29, 0.717) is 28.2 Å². The Hall–Kier alpha value is -2.04. The first kappa shape index (κ1) is 18.7. The Morgan fingerprint density at radius 3 is 2.42 bits per heavy atom. The molecule has 0 bridgehead atoms. The molecule has 2 aromatic carbocycles. The summed E-state index contributed by atoms with van der Waals surface area (Å²) in [4.78, 5) is 26.5. The topological polar surface area (TPSA) is 49.4 Å². The number of amides is 2. The maximum absolute atomic E-state index is 12.5. The summed E-state index contributed by atoms with van der Waals surface area (Å²) < 4.78 is 0. The maximum Gasteiger partial charge on any atom is 0.229 e. The second-order valence-corrected chi connectivity index (χ2v) is 7.58. The molecule has 1 N–H and O–H groups in total. The van der Waals surface area contributed by atoms with Gasteiger partial charge >= 0.3 is 0 Å². The lowest BCUT2D eigenvalue weighted by molar-refractivity contribution is -0.122. The maximum atomic E-state index is 12.5. The molecule has 0 aromatic heterocycles. The summed E-state index contributed by atoms with van der Waals surface area (Å²) in [6, 6.07) is 12.8. The average molecular weight is 391 g/mol. The molecule has 136 valence electrons. The second kappa shape index (κ2) is 7.68. The van der Waals surface area contributed by atoms with Gasteiger partial charge in [0.1, 0.15) is 0 Å². The van der Waals surface area contributed by atoms with Crippen LogP contribution in [0.4, 0.5) is 11.4 Å². The Morgan fingerprint density at radius 2 is 1.81 bits per heavy atom. The van der Waals surface area contributed by atoms with Crippen LogP contribution in [0.2, 0.25) is 10.0 Å². The molecule has 3 rings (SSSR count). The normalized spacial score (nSPS) is 17.0. The fraction of sp³-hybridized carbons (Fsp3) is 0.300. The minimum Gasteiger partial charge on any atom is -0.326 e. The van der Waals surface area contributed by atoms with Crippen molar-refractivity contribution < 1.29 is 9.59 Å². The molecule has 6 heteroatoms. The number of carbonyl (C=O) groups is 2. The molecule has 0 aliphatic carbocycles. The number of hydrogen-bond donors (Lipinski definition) is 1. The van der Waals surface area contributed by atoms with Gasteiger partial charge in [0.05, 0.1) is 16.0 Å². The van der Waals surface area contributed by atoms with Crippen LogP contribution in [0.3, 0.4) is 0 Å². The summed E-state index contributed by atoms with van der Waals surface area (Å²) in [6.07, 6.45) is 0.194. The van der Waals surface area contributed by atoms with Gasteiger partial charge in [-0.25, -0.2) is 0 Å². The van der Waals surface area contributed by atoms with Gasteiger partial charge in [0.25, 0.3) is 0 Å². The van der Waals surface area contributed by atoms with Gasteiger partial charge in [-0.3, -0.25) is 9.59 Å². The van der Waals surface area contributed by atoms with Crippen molar-refractivity contribution in [2.24, 2.45) is 5.92 Å². The van der Waals surface area contributed by atoms with E-state index in [9.17, 15) is 9.59 Å². The molecule has 4 nitrogen and oxygen atoms in total. The zero-order valence-corrected chi connectivity index (χ0v) is 16.1. The zero-order chi connectivity index (χ0) is 18.8. The highest BCUT2D eigenvalue weighted by atomic mass is 35.5. The largest absolute Gasteiger partial charge is 0.326 e. The quantitative estimate of drug-likeness (QED) is 0.788. The van der Waals surface area contributed by atoms with Crippen LogP contribution >= 0.6 is 23.2 Å². The predicted molar refractivity (Wildman–Crippen MR) is 106 cm³/mol. The third kappa shape index (κ3) is 4.02. The molecule has 1 fully saturated rings. The zero-order valence-electron chi connectivity index (χ0n) is 14.6. The Labute approximate surface area is 163 Å². The Kier molecular flexibility index (Phi) is 5.54. The van der Waals surface area contributed by atoms with E-state index >= 15 is 0 Å². The number of anilines is 2. The first-order valence-electron chi connectivity index (χ1n) is 8.51. The number of nitrogens with one attached hydrogen (secondary N) is 1. The molecule has 1 atom stereocenters. The number of hydrogen-bond acceptors (Lipinski definition) is 2. The van der Waals surface area contributed by atoms with Crippen LogP contribution in [-0.2, 0) is 9.59 Å². The van der Waals surface area contributed by atoms with Gasteiger partial charge < -0.3 is 10.2 Å². The highest BCUT2D eigenvalue weighted by molar-refractivity contribution is 6.42. The lowest BCUT2D eigenvalue weighted by atomic mass is 10.0. The van der Waals surface area contributed by atoms with Crippen molar-refractivity contribution in [1.82, 2.24) is 0 Å². The lowest BCUT2D eigenvalue weighted by Gasteiger charge is -2.18. The first-order valence-corrected chi connectivity index (χ1v) is 9.27. The van der Waals surface area contributed by atoms with Crippen LogP contribution in [0.25, 0.3) is 0 Å². The van der Waals surface area contributed by atoms with Crippen molar-refractivity contribution in [1.29, 1.82) is 0 Å². The molecule has 0 unspecified atom stereocenters. The minimum absolute atomic E-state index is 0.0448. The molecule has 2 aromatic rings. The van der Waals surface area contributed by atoms with Crippen molar-refractivity contribution >= 4 is 46.4 Å². The molecule has 1 heterocycles. The molecular weight excluding hydrogens is 371 g/mol. The Bertz CT molecular complexity index is 834. The number of rotatable bonds is 4. The number of carbonyl (C=O) groups excluding carboxylic acids is 2. The van der Waals surface area contributed by atoms with E-state index in [1.165, 1.54) is 5.56 Å². The summed E-state index contributed by atoms with van der Waals surface area (Å²) >= 11 is 11.9. The fourth-order valence-electron chi connectivity index (χ4n) is 2.99. The van der Waals surface area contributed by atoms with Crippen LogP contribution < -0.4 is 10.2 Å². The van der Waals surface area contributed by atoms with E-state index in [0.717, 1.165) is 5.69 Å². The molecular formula is C20H20Cl2N2O2. The standard InChI is InChI=1S/C20H20Cl2N2O2/c1-12(2)13-3-6-16(7-4-13)24-11-14(9-19(24)25)20(26)23-15-5-8-17(21)18(22)10-15/h3-8,10,12,14H,9,11H2,1-2H3,(H,23,26)/t14-/m1/s1. The SMILES string of the molecule is CC(C)c1ccc(N2C[C@H](C(=O)Nc3ccc(Cl)c(Cl)c3)CC2=O)cc1. The third-order valence-corrected chi connectivity index (χ3v) is 5.29. The third-order valence-electron chi connectivity index (χ3n) is 4.55. The molecule has 1 aliphatic rings. The van der Waals surface area contributed by atoms with E-state index in [4.69, 9.17) is 23.2 Å². The van der Waals surface area contributed by atoms with Crippen LogP contribution in [0.15, 0.2) is 42.5 Å². The van der Waals surface area contributed by atoms with Gasteiger partial charge in [-0.05, 0) is 41.8 Å². The summed E-state index contributed by atoms with van der Waals surface area (Å²) in [7, 11) is 0. The van der Waals surface area contributed by atoms with Gasteiger partial charge in [0.2, 0.25) is 11.8 Å². The Morgan fingerprint density at radius 1 is 1.12 bits per heavy atom. The smallest absolute Gasteiger partial charge is 0.229 e. The van der Waals surface area contributed by atoms with E-state index in [-0.39, 0.29) is 18.2 Å². The highest BCUT2D eigenvalue weighted by Crippen LogP contribution is 2.29. The number of nitrogens with zero attached hydrogens (tertiary/aromatic N) is 1. The summed E-state index contributed by atoms with van der Waals surface area (Å²) in [5.74, 6) is -0.209. The highest BCUT2D eigenvalue weighted by Gasteiger charge is 2.35. The monoisotopic (exact) mass is 390 g/mol. The summed E-state index contributed by atoms with van der Waals surface area (Å²) in [5, 5.41) is 3.61. The van der Waals surface area contributed by atoms with Gasteiger partial charge in [-0.2, -0.15) is 0 Å². The van der Waals surface area contributed by atoms with Crippen LogP contribution in [0.5, 0.6) is 0 Å². The summed E-state index contributed by atoms with van der Waals surface area (Å²) in [5.41, 5.74) is 2.61. The molecule has 0 saturated carbocycles. The first-order chi connectivity index (χ1) is 12.3. The van der Waals surface area contributed by atoms with Crippen molar-refractivity contribution in [2.45, 2.75) is 26.2 Å². The molecule has 0 spiro atoms. The van der Waals surface area contributed by atoms with Gasteiger partial charge in [-0.1, -0.05) is 49.2 Å². The second-order valence-electron chi connectivity index (χ2n) is 6.77. The van der Waals surface area contributed by atoms with Crippen LogP contribution in [0.1, 0.15) is 31.7 Å². The van der Waals surface area contributed by atoms with Crippen molar-refractivity contribution in [2.75, 3.05) is 16.8 Å². The number of halogens is 2. The summed E-state index contributed by atoms with van der Waals surface area (Å²) in [6.45, 7) is 4.62. The predicted octanol–water partition coefficient (Wildman–Crippen LogP) is 5.11. The molecule has 1 aliphatic heterocycles. The molecule has 0 radical (unpaired) electrons. The van der Waals surface area contributed by atoms with Gasteiger partial charge in [0, 0.05) is 24.3 Å². The molecule has 2 amide bonds. The van der Waals surface area contributed by atoms with E-state index in [1.54, 1.807) is 23.1 Å².